The fraction of sp³-hybridized carbons (Fsp3) is 0.417. The summed E-state index contributed by atoms with van der Waals surface area (Å²) in [6.45, 7) is 5.91. The molecule has 1 aromatic carbocycles. The van der Waals surface area contributed by atoms with Gasteiger partial charge < -0.3 is 4.74 Å². The van der Waals surface area contributed by atoms with Gasteiger partial charge in [0.25, 0.3) is 0 Å². The lowest BCUT2D eigenvalue weighted by molar-refractivity contribution is 0.112. The lowest BCUT2D eigenvalue weighted by atomic mass is 10.1. The number of carbonyl (C=O) groups excluding carboxylic acids is 1. The number of hydrogen-bond acceptors (Lipinski definition) is 2. The Morgan fingerprint density at radius 2 is 1.73 bits per heavy atom. The molecule has 1 rings (SSSR count). The first-order chi connectivity index (χ1) is 7.15. The van der Waals surface area contributed by atoms with E-state index in [0.717, 1.165) is 21.9 Å². The molecular formula is C12H19BrO2. The SMILES string of the molecule is CC.COC.Cc1cc(Br)ccc1C=O. The van der Waals surface area contributed by atoms with Gasteiger partial charge in [0.15, 0.2) is 0 Å². The number of aldehydes is 1. The van der Waals surface area contributed by atoms with Crippen LogP contribution in [0.2, 0.25) is 0 Å². The molecule has 1 aromatic rings. The van der Waals surface area contributed by atoms with Crippen molar-refractivity contribution in [1.29, 1.82) is 0 Å². The molecule has 0 fully saturated rings. The third kappa shape index (κ3) is 8.33. The van der Waals surface area contributed by atoms with E-state index in [4.69, 9.17) is 0 Å². The molecule has 0 saturated heterocycles. The van der Waals surface area contributed by atoms with Crippen LogP contribution in [0.5, 0.6) is 0 Å². The average Bonchev–Trinajstić information content (AvgIpc) is 2.22. The van der Waals surface area contributed by atoms with Gasteiger partial charge in [-0.1, -0.05) is 35.8 Å². The molecule has 3 heteroatoms. The Morgan fingerprint density at radius 3 is 2.07 bits per heavy atom. The van der Waals surface area contributed by atoms with Crippen LogP contribution in [0.25, 0.3) is 0 Å². The van der Waals surface area contributed by atoms with Gasteiger partial charge in [0.1, 0.15) is 6.29 Å². The fourth-order valence-electron chi connectivity index (χ4n) is 0.771. The first-order valence-electron chi connectivity index (χ1n) is 4.77. The van der Waals surface area contributed by atoms with Gasteiger partial charge in [-0.3, -0.25) is 4.79 Å². The summed E-state index contributed by atoms with van der Waals surface area (Å²) in [5.74, 6) is 0. The van der Waals surface area contributed by atoms with Crippen molar-refractivity contribution in [2.24, 2.45) is 0 Å². The quantitative estimate of drug-likeness (QED) is 0.727. The van der Waals surface area contributed by atoms with E-state index in [1.807, 2.05) is 32.9 Å². The molecule has 0 aromatic heterocycles. The molecule has 0 bridgehead atoms. The van der Waals surface area contributed by atoms with Crippen LogP contribution in [0.4, 0.5) is 0 Å². The molecule has 86 valence electrons. The van der Waals surface area contributed by atoms with Crippen molar-refractivity contribution in [3.05, 3.63) is 33.8 Å². The summed E-state index contributed by atoms with van der Waals surface area (Å²) in [5, 5.41) is 0. The Balaban J connectivity index is 0. The smallest absolute Gasteiger partial charge is 0.150 e. The van der Waals surface area contributed by atoms with E-state index in [-0.39, 0.29) is 0 Å². The second kappa shape index (κ2) is 11.4. The largest absolute Gasteiger partial charge is 0.388 e. The summed E-state index contributed by atoms with van der Waals surface area (Å²) >= 11 is 3.31. The van der Waals surface area contributed by atoms with Gasteiger partial charge in [-0.25, -0.2) is 0 Å². The molecule has 0 saturated carbocycles. The predicted octanol–water partition coefficient (Wildman–Crippen LogP) is 3.86. The van der Waals surface area contributed by atoms with Crippen molar-refractivity contribution < 1.29 is 9.53 Å². The fourth-order valence-corrected chi connectivity index (χ4v) is 1.25. The number of ether oxygens (including phenoxy) is 1. The molecule has 0 aliphatic carbocycles. The summed E-state index contributed by atoms with van der Waals surface area (Å²) in [5.41, 5.74) is 1.76. The average molecular weight is 275 g/mol. The molecule has 0 heterocycles. The van der Waals surface area contributed by atoms with Gasteiger partial charge in [0.2, 0.25) is 0 Å². The van der Waals surface area contributed by atoms with Crippen LogP contribution in [0.1, 0.15) is 29.8 Å². The van der Waals surface area contributed by atoms with Crippen molar-refractivity contribution in [1.82, 2.24) is 0 Å². The van der Waals surface area contributed by atoms with Crippen LogP contribution in [0.15, 0.2) is 22.7 Å². The van der Waals surface area contributed by atoms with Crippen LogP contribution >= 0.6 is 15.9 Å². The molecule has 0 aliphatic heterocycles. The number of rotatable bonds is 1. The van der Waals surface area contributed by atoms with E-state index in [1.165, 1.54) is 0 Å². The zero-order valence-electron chi connectivity index (χ0n) is 10.0. The summed E-state index contributed by atoms with van der Waals surface area (Å²) in [6.07, 6.45) is 0.863. The van der Waals surface area contributed by atoms with Gasteiger partial charge in [-0.05, 0) is 24.6 Å². The highest BCUT2D eigenvalue weighted by Gasteiger charge is 1.94. The minimum Gasteiger partial charge on any atom is -0.388 e. The molecule has 0 aliphatic rings. The maximum atomic E-state index is 10.3. The first kappa shape index (κ1) is 16.7. The highest BCUT2D eigenvalue weighted by atomic mass is 79.9. The zero-order chi connectivity index (χ0) is 12.3. The molecule has 0 N–H and O–H groups in total. The van der Waals surface area contributed by atoms with Crippen molar-refractivity contribution in [2.75, 3.05) is 14.2 Å². The maximum absolute atomic E-state index is 10.3. The Bertz CT molecular complexity index is 272. The predicted molar refractivity (Wildman–Crippen MR) is 68.5 cm³/mol. The zero-order valence-corrected chi connectivity index (χ0v) is 11.6. The number of hydrogen-bond donors (Lipinski definition) is 0. The Kier molecular flexibility index (Phi) is 12.7. The third-order valence-electron chi connectivity index (χ3n) is 1.36. The summed E-state index contributed by atoms with van der Waals surface area (Å²) < 4.78 is 5.26. The number of benzene rings is 1. The normalized spacial score (nSPS) is 7.87. The van der Waals surface area contributed by atoms with E-state index < -0.39 is 0 Å². The summed E-state index contributed by atoms with van der Waals surface area (Å²) in [6, 6.07) is 5.58. The third-order valence-corrected chi connectivity index (χ3v) is 1.85. The molecule has 15 heavy (non-hydrogen) atoms. The van der Waals surface area contributed by atoms with Gasteiger partial charge in [0, 0.05) is 24.3 Å². The Labute approximate surface area is 101 Å². The van der Waals surface area contributed by atoms with E-state index in [0.29, 0.717) is 0 Å². The van der Waals surface area contributed by atoms with Crippen LogP contribution < -0.4 is 0 Å². The maximum Gasteiger partial charge on any atom is 0.150 e. The second-order valence-corrected chi connectivity index (χ2v) is 3.44. The Hall–Kier alpha value is -0.670. The summed E-state index contributed by atoms with van der Waals surface area (Å²) in [7, 11) is 3.25. The number of carbonyl (C=O) groups is 1. The lowest BCUT2D eigenvalue weighted by Gasteiger charge is -1.96. The molecule has 0 spiro atoms. The minimum atomic E-state index is 0.753. The minimum absolute atomic E-state index is 0.753. The highest BCUT2D eigenvalue weighted by molar-refractivity contribution is 9.10. The first-order valence-corrected chi connectivity index (χ1v) is 5.56. The summed E-state index contributed by atoms with van der Waals surface area (Å²) in [4.78, 5) is 10.3. The number of methoxy groups -OCH3 is 1. The van der Waals surface area contributed by atoms with Crippen LogP contribution in [0.3, 0.4) is 0 Å². The van der Waals surface area contributed by atoms with Crippen molar-refractivity contribution in [3.8, 4) is 0 Å². The van der Waals surface area contributed by atoms with Crippen molar-refractivity contribution in [2.45, 2.75) is 20.8 Å². The van der Waals surface area contributed by atoms with Gasteiger partial charge in [-0.15, -0.1) is 0 Å². The molecule has 0 radical (unpaired) electrons. The standard InChI is InChI=1S/C8H7BrO.C2H6O.C2H6/c1-6-4-8(9)3-2-7(6)5-10;1-3-2;1-2/h2-5H,1H3;1-2H3;1-2H3. The molecule has 0 amide bonds. The lowest BCUT2D eigenvalue weighted by Crippen LogP contribution is -1.83. The van der Waals surface area contributed by atoms with Crippen molar-refractivity contribution >= 4 is 22.2 Å². The van der Waals surface area contributed by atoms with Gasteiger partial charge in [0.05, 0.1) is 0 Å². The van der Waals surface area contributed by atoms with E-state index >= 15 is 0 Å². The molecule has 0 atom stereocenters. The molecular weight excluding hydrogens is 256 g/mol. The van der Waals surface area contributed by atoms with Crippen LogP contribution in [0, 0.1) is 6.92 Å². The van der Waals surface area contributed by atoms with E-state index in [2.05, 4.69) is 20.7 Å². The van der Waals surface area contributed by atoms with Crippen LogP contribution in [-0.2, 0) is 4.74 Å². The van der Waals surface area contributed by atoms with E-state index in [9.17, 15) is 4.79 Å². The molecule has 0 unspecified atom stereocenters. The van der Waals surface area contributed by atoms with Gasteiger partial charge in [-0.2, -0.15) is 0 Å². The molecule has 2 nitrogen and oxygen atoms in total. The topological polar surface area (TPSA) is 26.3 Å². The number of aryl methyl sites for hydroxylation is 1. The van der Waals surface area contributed by atoms with Crippen LogP contribution in [-0.4, -0.2) is 20.5 Å². The monoisotopic (exact) mass is 274 g/mol. The van der Waals surface area contributed by atoms with Gasteiger partial charge >= 0.3 is 0 Å². The second-order valence-electron chi connectivity index (χ2n) is 2.53. The Morgan fingerprint density at radius 1 is 1.27 bits per heavy atom. The highest BCUT2D eigenvalue weighted by Crippen LogP contribution is 2.13. The van der Waals surface area contributed by atoms with Crippen molar-refractivity contribution in [3.63, 3.8) is 0 Å². The van der Waals surface area contributed by atoms with E-state index in [1.54, 1.807) is 20.3 Å². The number of halogens is 1.